The van der Waals surface area contributed by atoms with Crippen LogP contribution in [0.2, 0.25) is 0 Å². The highest BCUT2D eigenvalue weighted by Gasteiger charge is 2.22. The van der Waals surface area contributed by atoms with Crippen LogP contribution in [0.5, 0.6) is 5.75 Å². The van der Waals surface area contributed by atoms with Crippen molar-refractivity contribution in [3.8, 4) is 5.75 Å². The van der Waals surface area contributed by atoms with Gasteiger partial charge in [0.05, 0.1) is 25.5 Å². The topological polar surface area (TPSA) is 83.0 Å². The first kappa shape index (κ1) is 23.8. The van der Waals surface area contributed by atoms with Crippen LogP contribution in [0, 0.1) is 0 Å². The molecule has 0 unspecified atom stereocenters. The second-order valence-electron chi connectivity index (χ2n) is 9.59. The lowest BCUT2D eigenvalue weighted by atomic mass is 10.0. The van der Waals surface area contributed by atoms with E-state index in [1.54, 1.807) is 14.2 Å². The molecule has 1 atom stereocenters. The van der Waals surface area contributed by atoms with Gasteiger partial charge in [-0.05, 0) is 55.2 Å². The standard InChI is InChI=1S/C27H35N5O3/c1-34-18-26-24-8-7-23(35-2)15-25(24)27(30-29-26)28-20-9-12-31(13-10-20)16-19-3-5-21(6-4-19)32-14-11-22(33)17-32/h3-8,15,20,22,33H,9-14,16-18H2,1-2H3,(H,28,30)/t22-/m0/s1. The van der Waals surface area contributed by atoms with Crippen molar-refractivity contribution in [2.24, 2.45) is 0 Å². The molecule has 3 aromatic rings. The summed E-state index contributed by atoms with van der Waals surface area (Å²) >= 11 is 0. The minimum absolute atomic E-state index is 0.195. The van der Waals surface area contributed by atoms with Gasteiger partial charge in [0.2, 0.25) is 0 Å². The van der Waals surface area contributed by atoms with E-state index in [0.717, 1.165) is 80.0 Å². The van der Waals surface area contributed by atoms with Crippen LogP contribution in [0.3, 0.4) is 0 Å². The van der Waals surface area contributed by atoms with Gasteiger partial charge < -0.3 is 24.8 Å². The van der Waals surface area contributed by atoms with Crippen molar-refractivity contribution in [3.63, 3.8) is 0 Å². The number of hydrogen-bond acceptors (Lipinski definition) is 8. The van der Waals surface area contributed by atoms with Crippen LogP contribution >= 0.6 is 0 Å². The monoisotopic (exact) mass is 477 g/mol. The van der Waals surface area contributed by atoms with E-state index in [2.05, 4.69) is 49.6 Å². The zero-order valence-corrected chi connectivity index (χ0v) is 20.6. The zero-order valence-electron chi connectivity index (χ0n) is 20.6. The number of likely N-dealkylation sites (tertiary alicyclic amines) is 1. The van der Waals surface area contributed by atoms with Crippen LogP contribution in [0.15, 0.2) is 42.5 Å². The molecule has 0 amide bonds. The maximum atomic E-state index is 9.78. The van der Waals surface area contributed by atoms with Crippen LogP contribution in [-0.4, -0.2) is 72.7 Å². The highest BCUT2D eigenvalue weighted by atomic mass is 16.5. The number of piperidine rings is 1. The van der Waals surface area contributed by atoms with Crippen LogP contribution in [0.25, 0.3) is 10.8 Å². The Kier molecular flexibility index (Phi) is 7.32. The van der Waals surface area contributed by atoms with E-state index in [1.807, 2.05) is 18.2 Å². The summed E-state index contributed by atoms with van der Waals surface area (Å²) in [5, 5.41) is 24.4. The maximum Gasteiger partial charge on any atom is 0.156 e. The summed E-state index contributed by atoms with van der Waals surface area (Å²) in [6.45, 7) is 5.13. The lowest BCUT2D eigenvalue weighted by Gasteiger charge is -2.33. The molecule has 2 aromatic carbocycles. The Morgan fingerprint density at radius 2 is 1.77 bits per heavy atom. The molecule has 35 heavy (non-hydrogen) atoms. The Morgan fingerprint density at radius 3 is 2.46 bits per heavy atom. The molecule has 3 heterocycles. The SMILES string of the molecule is COCc1nnc(NC2CCN(Cc3ccc(N4CC[C@H](O)C4)cc3)CC2)c2cc(OC)ccc12. The predicted molar refractivity (Wildman–Crippen MR) is 138 cm³/mol. The van der Waals surface area contributed by atoms with Crippen molar-refractivity contribution in [3.05, 3.63) is 53.7 Å². The van der Waals surface area contributed by atoms with E-state index in [-0.39, 0.29) is 6.10 Å². The number of hydrogen-bond donors (Lipinski definition) is 2. The highest BCUT2D eigenvalue weighted by Crippen LogP contribution is 2.29. The Morgan fingerprint density at radius 1 is 0.971 bits per heavy atom. The highest BCUT2D eigenvalue weighted by molar-refractivity contribution is 5.94. The Balaban J connectivity index is 1.19. The number of nitrogens with zero attached hydrogens (tertiary/aromatic N) is 4. The van der Waals surface area contributed by atoms with Crippen molar-refractivity contribution >= 4 is 22.3 Å². The Labute approximate surface area is 206 Å². The average Bonchev–Trinajstić information content (AvgIpc) is 3.33. The predicted octanol–water partition coefficient (Wildman–Crippen LogP) is 3.43. The largest absolute Gasteiger partial charge is 0.497 e. The third-order valence-electron chi connectivity index (χ3n) is 7.14. The lowest BCUT2D eigenvalue weighted by molar-refractivity contribution is 0.182. The third kappa shape index (κ3) is 5.50. The molecule has 8 heteroatoms. The fourth-order valence-electron chi connectivity index (χ4n) is 5.14. The van der Waals surface area contributed by atoms with Crippen LogP contribution in [0.4, 0.5) is 11.5 Å². The van der Waals surface area contributed by atoms with Crippen molar-refractivity contribution < 1.29 is 14.6 Å². The molecule has 2 fully saturated rings. The van der Waals surface area contributed by atoms with Gasteiger partial charge in [-0.1, -0.05) is 12.1 Å². The molecule has 0 aliphatic carbocycles. The van der Waals surface area contributed by atoms with E-state index in [0.29, 0.717) is 12.6 Å². The molecule has 2 aliphatic rings. The molecular formula is C27H35N5O3. The lowest BCUT2D eigenvalue weighted by Crippen LogP contribution is -2.38. The molecule has 1 aromatic heterocycles. The molecule has 0 bridgehead atoms. The number of aliphatic hydroxyl groups is 1. The molecule has 0 saturated carbocycles. The van der Waals surface area contributed by atoms with E-state index in [4.69, 9.17) is 9.47 Å². The number of aromatic nitrogens is 2. The van der Waals surface area contributed by atoms with E-state index >= 15 is 0 Å². The average molecular weight is 478 g/mol. The molecule has 8 nitrogen and oxygen atoms in total. The van der Waals surface area contributed by atoms with Crippen LogP contribution in [-0.2, 0) is 17.9 Å². The van der Waals surface area contributed by atoms with Gasteiger partial charge >= 0.3 is 0 Å². The molecule has 186 valence electrons. The number of aliphatic hydroxyl groups excluding tert-OH is 1. The first-order valence-corrected chi connectivity index (χ1v) is 12.5. The van der Waals surface area contributed by atoms with Gasteiger partial charge in [0, 0.05) is 62.3 Å². The first-order chi connectivity index (χ1) is 17.1. The second kappa shape index (κ2) is 10.8. The van der Waals surface area contributed by atoms with Crippen molar-refractivity contribution in [1.82, 2.24) is 15.1 Å². The summed E-state index contributed by atoms with van der Waals surface area (Å²) < 4.78 is 10.8. The number of benzene rings is 2. The van der Waals surface area contributed by atoms with Gasteiger partial charge in [0.15, 0.2) is 5.82 Å². The summed E-state index contributed by atoms with van der Waals surface area (Å²) in [5.74, 6) is 1.61. The maximum absolute atomic E-state index is 9.78. The quantitative estimate of drug-likeness (QED) is 0.511. The number of fused-ring (bicyclic) bond motifs is 1. The second-order valence-corrected chi connectivity index (χ2v) is 9.59. The van der Waals surface area contributed by atoms with Crippen molar-refractivity contribution in [2.45, 2.75) is 44.6 Å². The van der Waals surface area contributed by atoms with Crippen LogP contribution < -0.4 is 15.0 Å². The molecular weight excluding hydrogens is 442 g/mol. The normalized spacial score (nSPS) is 19.4. The number of rotatable bonds is 8. The summed E-state index contributed by atoms with van der Waals surface area (Å²) in [6.07, 6.45) is 2.77. The van der Waals surface area contributed by atoms with Crippen molar-refractivity contribution in [1.29, 1.82) is 0 Å². The third-order valence-corrected chi connectivity index (χ3v) is 7.14. The molecule has 2 aliphatic heterocycles. The minimum atomic E-state index is -0.195. The van der Waals surface area contributed by atoms with Gasteiger partial charge in [-0.15, -0.1) is 5.10 Å². The summed E-state index contributed by atoms with van der Waals surface area (Å²) in [4.78, 5) is 4.77. The molecule has 2 saturated heterocycles. The van der Waals surface area contributed by atoms with E-state index in [1.165, 1.54) is 11.3 Å². The van der Waals surface area contributed by atoms with Gasteiger partial charge in [-0.3, -0.25) is 4.90 Å². The Hall–Kier alpha value is -2.94. The summed E-state index contributed by atoms with van der Waals surface area (Å²) in [7, 11) is 3.35. The van der Waals surface area contributed by atoms with Gasteiger partial charge in [-0.2, -0.15) is 5.10 Å². The first-order valence-electron chi connectivity index (χ1n) is 12.5. The van der Waals surface area contributed by atoms with Crippen LogP contribution in [0.1, 0.15) is 30.5 Å². The summed E-state index contributed by atoms with van der Waals surface area (Å²) in [5.41, 5.74) is 3.37. The zero-order chi connectivity index (χ0) is 24.2. The fourth-order valence-corrected chi connectivity index (χ4v) is 5.14. The van der Waals surface area contributed by atoms with Gasteiger partial charge in [0.25, 0.3) is 0 Å². The Bertz CT molecular complexity index is 1130. The number of anilines is 2. The fraction of sp³-hybridized carbons (Fsp3) is 0.481. The van der Waals surface area contributed by atoms with E-state index in [9.17, 15) is 5.11 Å². The molecule has 5 rings (SSSR count). The summed E-state index contributed by atoms with van der Waals surface area (Å²) in [6, 6.07) is 15.2. The molecule has 0 radical (unpaired) electrons. The number of β-amino-alcohol motifs (C(OH)–C–C–N with tert-alkyl or cyclic N) is 1. The van der Waals surface area contributed by atoms with Crippen molar-refractivity contribution in [2.75, 3.05) is 50.6 Å². The van der Waals surface area contributed by atoms with E-state index < -0.39 is 0 Å². The molecule has 0 spiro atoms. The van der Waals surface area contributed by atoms with Gasteiger partial charge in [-0.25, -0.2) is 0 Å². The van der Waals surface area contributed by atoms with Gasteiger partial charge in [0.1, 0.15) is 5.75 Å². The number of nitrogens with one attached hydrogen (secondary N) is 1. The minimum Gasteiger partial charge on any atom is -0.497 e. The molecule has 2 N–H and O–H groups in total. The number of methoxy groups -OCH3 is 2. The number of ether oxygens (including phenoxy) is 2. The smallest absolute Gasteiger partial charge is 0.156 e.